The van der Waals surface area contributed by atoms with E-state index in [2.05, 4.69) is 20.8 Å². The molecule has 0 radical (unpaired) electrons. The number of unbranched alkanes of at least 4 members (excludes halogenated alkanes) is 3. The first-order valence-electron chi connectivity index (χ1n) is 5.29. The van der Waals surface area contributed by atoms with Gasteiger partial charge in [-0.1, -0.05) is 46.5 Å². The van der Waals surface area contributed by atoms with Crippen molar-refractivity contribution in [2.75, 3.05) is 0 Å². The largest absolute Gasteiger partial charge is 0.281 e. The highest BCUT2D eigenvalue weighted by molar-refractivity contribution is 6.64. The van der Waals surface area contributed by atoms with E-state index in [1.54, 1.807) is 0 Å². The van der Waals surface area contributed by atoms with Crippen molar-refractivity contribution in [3.05, 3.63) is 0 Å². The van der Waals surface area contributed by atoms with E-state index in [4.69, 9.17) is 11.6 Å². The van der Waals surface area contributed by atoms with Gasteiger partial charge in [0.15, 0.2) is 0 Å². The lowest BCUT2D eigenvalue weighted by Crippen LogP contribution is -2.15. The summed E-state index contributed by atoms with van der Waals surface area (Å²) in [7, 11) is 0. The van der Waals surface area contributed by atoms with Crippen molar-refractivity contribution in [3.63, 3.8) is 0 Å². The molecule has 78 valence electrons. The Morgan fingerprint density at radius 3 is 2.23 bits per heavy atom. The van der Waals surface area contributed by atoms with Gasteiger partial charge in [0.1, 0.15) is 0 Å². The minimum absolute atomic E-state index is 0.0681. The van der Waals surface area contributed by atoms with Gasteiger partial charge in [0.25, 0.3) is 0 Å². The third kappa shape index (κ3) is 6.09. The molecule has 0 saturated carbocycles. The lowest BCUT2D eigenvalue weighted by Gasteiger charge is -2.15. The number of rotatable bonds is 7. The molecule has 1 nitrogen and oxygen atoms in total. The van der Waals surface area contributed by atoms with Crippen molar-refractivity contribution in [2.24, 2.45) is 11.8 Å². The van der Waals surface area contributed by atoms with Crippen LogP contribution in [-0.2, 0) is 4.79 Å². The van der Waals surface area contributed by atoms with Gasteiger partial charge in [0, 0.05) is 5.92 Å². The van der Waals surface area contributed by atoms with Crippen LogP contribution in [-0.4, -0.2) is 5.24 Å². The standard InChI is InChI=1S/C11H21ClO/c1-4-5-6-7-8-10(9(2)3)11(12)13/h9-10H,4-8H2,1-3H3. The predicted molar refractivity (Wildman–Crippen MR) is 57.9 cm³/mol. The number of carbonyl (C=O) groups is 1. The average Bonchev–Trinajstić information content (AvgIpc) is 2.02. The van der Waals surface area contributed by atoms with E-state index < -0.39 is 0 Å². The monoisotopic (exact) mass is 204 g/mol. The first-order valence-corrected chi connectivity index (χ1v) is 5.66. The molecule has 0 aromatic carbocycles. The zero-order chi connectivity index (χ0) is 10.3. The quantitative estimate of drug-likeness (QED) is 0.453. The molecule has 0 rings (SSSR count). The lowest BCUT2D eigenvalue weighted by molar-refractivity contribution is -0.116. The Bertz CT molecular complexity index is 143. The molecular weight excluding hydrogens is 184 g/mol. The molecule has 13 heavy (non-hydrogen) atoms. The highest BCUT2D eigenvalue weighted by Gasteiger charge is 2.19. The van der Waals surface area contributed by atoms with Gasteiger partial charge in [-0.3, -0.25) is 4.79 Å². The molecule has 0 aromatic rings. The Labute approximate surface area is 86.9 Å². The minimum atomic E-state index is -0.161. The van der Waals surface area contributed by atoms with Gasteiger partial charge < -0.3 is 0 Å². The van der Waals surface area contributed by atoms with Gasteiger partial charge in [-0.05, 0) is 23.9 Å². The van der Waals surface area contributed by atoms with Gasteiger partial charge in [-0.2, -0.15) is 0 Å². The zero-order valence-electron chi connectivity index (χ0n) is 8.98. The van der Waals surface area contributed by atoms with Crippen LogP contribution in [0, 0.1) is 11.8 Å². The summed E-state index contributed by atoms with van der Waals surface area (Å²) in [4.78, 5) is 11.0. The predicted octanol–water partition coefficient (Wildman–Crippen LogP) is 3.99. The normalized spacial score (nSPS) is 13.3. The van der Waals surface area contributed by atoms with E-state index in [1.165, 1.54) is 19.3 Å². The van der Waals surface area contributed by atoms with Crippen LogP contribution in [0.1, 0.15) is 52.9 Å². The van der Waals surface area contributed by atoms with Gasteiger partial charge in [0.05, 0.1) is 0 Å². The third-order valence-corrected chi connectivity index (χ3v) is 2.75. The topological polar surface area (TPSA) is 17.1 Å². The molecule has 0 aliphatic heterocycles. The third-order valence-electron chi connectivity index (χ3n) is 2.46. The van der Waals surface area contributed by atoms with Gasteiger partial charge >= 0.3 is 0 Å². The lowest BCUT2D eigenvalue weighted by atomic mass is 9.91. The van der Waals surface area contributed by atoms with Gasteiger partial charge in [-0.25, -0.2) is 0 Å². The van der Waals surface area contributed by atoms with Crippen LogP contribution >= 0.6 is 11.6 Å². The van der Waals surface area contributed by atoms with Crippen molar-refractivity contribution >= 4 is 16.8 Å². The van der Waals surface area contributed by atoms with E-state index in [1.807, 2.05) is 0 Å². The molecule has 1 unspecified atom stereocenters. The van der Waals surface area contributed by atoms with Crippen LogP contribution in [0.25, 0.3) is 0 Å². The Morgan fingerprint density at radius 2 is 1.85 bits per heavy atom. The van der Waals surface area contributed by atoms with E-state index in [9.17, 15) is 4.79 Å². The molecule has 0 aliphatic carbocycles. The van der Waals surface area contributed by atoms with Gasteiger partial charge in [-0.15, -0.1) is 0 Å². The van der Waals surface area contributed by atoms with Gasteiger partial charge in [0.2, 0.25) is 5.24 Å². The van der Waals surface area contributed by atoms with E-state index in [0.717, 1.165) is 12.8 Å². The molecule has 0 saturated heterocycles. The van der Waals surface area contributed by atoms with Crippen LogP contribution in [0.15, 0.2) is 0 Å². The summed E-state index contributed by atoms with van der Waals surface area (Å²) in [5.74, 6) is 0.449. The fourth-order valence-electron chi connectivity index (χ4n) is 1.50. The van der Waals surface area contributed by atoms with Crippen LogP contribution < -0.4 is 0 Å². The minimum Gasteiger partial charge on any atom is -0.281 e. The molecule has 1 atom stereocenters. The van der Waals surface area contributed by atoms with Crippen molar-refractivity contribution in [1.29, 1.82) is 0 Å². The van der Waals surface area contributed by atoms with Crippen molar-refractivity contribution in [1.82, 2.24) is 0 Å². The van der Waals surface area contributed by atoms with Crippen molar-refractivity contribution < 1.29 is 4.79 Å². The van der Waals surface area contributed by atoms with Crippen molar-refractivity contribution in [2.45, 2.75) is 52.9 Å². The summed E-state index contributed by atoms with van der Waals surface area (Å²) in [6.07, 6.45) is 5.82. The molecule has 0 N–H and O–H groups in total. The summed E-state index contributed by atoms with van der Waals surface area (Å²) in [6.45, 7) is 6.31. The summed E-state index contributed by atoms with van der Waals surface area (Å²) < 4.78 is 0. The second kappa shape index (κ2) is 7.37. The van der Waals surface area contributed by atoms with E-state index >= 15 is 0 Å². The number of hydrogen-bond acceptors (Lipinski definition) is 1. The fourth-order valence-corrected chi connectivity index (χ4v) is 1.86. The second-order valence-corrected chi connectivity index (χ2v) is 4.38. The Morgan fingerprint density at radius 1 is 1.23 bits per heavy atom. The Balaban J connectivity index is 3.64. The zero-order valence-corrected chi connectivity index (χ0v) is 9.73. The summed E-state index contributed by atoms with van der Waals surface area (Å²) in [5.41, 5.74) is 0. The summed E-state index contributed by atoms with van der Waals surface area (Å²) in [5, 5.41) is -0.161. The first-order chi connectivity index (χ1) is 6.09. The maximum absolute atomic E-state index is 11.0. The average molecular weight is 205 g/mol. The number of hydrogen-bond donors (Lipinski definition) is 0. The van der Waals surface area contributed by atoms with E-state index in [-0.39, 0.29) is 11.2 Å². The van der Waals surface area contributed by atoms with Crippen molar-refractivity contribution in [3.8, 4) is 0 Å². The van der Waals surface area contributed by atoms with Crippen LogP contribution in [0.5, 0.6) is 0 Å². The number of halogens is 1. The molecule has 2 heteroatoms. The highest BCUT2D eigenvalue weighted by atomic mass is 35.5. The SMILES string of the molecule is CCCCCCC(C(=O)Cl)C(C)C. The molecule has 0 bridgehead atoms. The Kier molecular flexibility index (Phi) is 7.35. The van der Waals surface area contributed by atoms with Crippen LogP contribution in [0.3, 0.4) is 0 Å². The summed E-state index contributed by atoms with van der Waals surface area (Å²) >= 11 is 5.51. The Hall–Kier alpha value is -0.0400. The maximum atomic E-state index is 11.0. The van der Waals surface area contributed by atoms with Crippen LogP contribution in [0.2, 0.25) is 0 Å². The number of carbonyl (C=O) groups excluding carboxylic acids is 1. The van der Waals surface area contributed by atoms with Crippen LogP contribution in [0.4, 0.5) is 0 Å². The molecule has 0 heterocycles. The fraction of sp³-hybridized carbons (Fsp3) is 0.909. The first kappa shape index (κ1) is 13.0. The second-order valence-electron chi connectivity index (χ2n) is 4.00. The summed E-state index contributed by atoms with van der Waals surface area (Å²) in [6, 6.07) is 0. The molecular formula is C11H21ClO. The molecule has 0 fully saturated rings. The maximum Gasteiger partial charge on any atom is 0.224 e. The molecule has 0 amide bonds. The highest BCUT2D eigenvalue weighted by Crippen LogP contribution is 2.21. The molecule has 0 spiro atoms. The van der Waals surface area contributed by atoms with E-state index in [0.29, 0.717) is 5.92 Å². The molecule has 0 aliphatic rings. The smallest absolute Gasteiger partial charge is 0.224 e. The molecule has 0 aromatic heterocycles.